The maximum atomic E-state index is 10.2. The van der Waals surface area contributed by atoms with Crippen LogP contribution in [0.4, 0.5) is 5.69 Å². The molecule has 2 aromatic carbocycles. The molecule has 0 aromatic heterocycles. The fourth-order valence-corrected chi connectivity index (χ4v) is 2.37. The molecular weight excluding hydrogens is 260 g/mol. The highest BCUT2D eigenvalue weighted by Crippen LogP contribution is 2.13. The van der Waals surface area contributed by atoms with Crippen molar-refractivity contribution < 1.29 is 5.11 Å². The van der Waals surface area contributed by atoms with E-state index in [9.17, 15) is 5.11 Å². The SMILES string of the molecule is CC[C@H](Cc1ccc(N)cc1)NC[C@H](O)c1ccccc1. The number of rotatable bonds is 7. The average molecular weight is 284 g/mol. The van der Waals surface area contributed by atoms with Crippen LogP contribution in [0.5, 0.6) is 0 Å². The van der Waals surface area contributed by atoms with E-state index in [1.54, 1.807) is 0 Å². The van der Waals surface area contributed by atoms with E-state index in [1.807, 2.05) is 42.5 Å². The standard InChI is InChI=1S/C18H24N2O/c1-2-17(12-14-8-10-16(19)11-9-14)20-13-18(21)15-6-4-3-5-7-15/h3-11,17-18,20-21H,2,12-13,19H2,1H3/t17-,18+/m1/s1. The molecule has 0 aliphatic rings. The molecule has 0 heterocycles. The molecule has 2 aromatic rings. The van der Waals surface area contributed by atoms with Gasteiger partial charge in [-0.25, -0.2) is 0 Å². The minimum absolute atomic E-state index is 0.354. The summed E-state index contributed by atoms with van der Waals surface area (Å²) in [5.41, 5.74) is 8.71. The van der Waals surface area contributed by atoms with Gasteiger partial charge in [0.1, 0.15) is 0 Å². The Labute approximate surface area is 126 Å². The molecule has 4 N–H and O–H groups in total. The van der Waals surface area contributed by atoms with Crippen LogP contribution < -0.4 is 11.1 Å². The van der Waals surface area contributed by atoms with Crippen molar-refractivity contribution in [2.24, 2.45) is 0 Å². The topological polar surface area (TPSA) is 58.3 Å². The van der Waals surface area contributed by atoms with Crippen LogP contribution in [-0.4, -0.2) is 17.7 Å². The van der Waals surface area contributed by atoms with Crippen molar-refractivity contribution >= 4 is 5.69 Å². The molecule has 0 amide bonds. The number of anilines is 1. The Morgan fingerprint density at radius 3 is 2.33 bits per heavy atom. The Hall–Kier alpha value is -1.84. The van der Waals surface area contributed by atoms with Crippen LogP contribution in [0.1, 0.15) is 30.6 Å². The van der Waals surface area contributed by atoms with Crippen LogP contribution in [0.15, 0.2) is 54.6 Å². The first-order valence-corrected chi connectivity index (χ1v) is 7.50. The van der Waals surface area contributed by atoms with E-state index in [1.165, 1.54) is 5.56 Å². The Kier molecular flexibility index (Phi) is 5.78. The zero-order valence-corrected chi connectivity index (χ0v) is 12.5. The van der Waals surface area contributed by atoms with E-state index >= 15 is 0 Å². The number of benzene rings is 2. The quantitative estimate of drug-likeness (QED) is 0.685. The number of aliphatic hydroxyl groups is 1. The molecule has 3 nitrogen and oxygen atoms in total. The van der Waals surface area contributed by atoms with Crippen molar-refractivity contribution in [1.82, 2.24) is 5.32 Å². The minimum Gasteiger partial charge on any atom is -0.399 e. The van der Waals surface area contributed by atoms with Gasteiger partial charge in [-0.3, -0.25) is 0 Å². The summed E-state index contributed by atoms with van der Waals surface area (Å²) in [6.07, 6.45) is 1.50. The van der Waals surface area contributed by atoms with E-state index in [4.69, 9.17) is 5.73 Å². The van der Waals surface area contributed by atoms with Crippen molar-refractivity contribution in [2.45, 2.75) is 31.9 Å². The molecule has 2 rings (SSSR count). The van der Waals surface area contributed by atoms with E-state index in [-0.39, 0.29) is 0 Å². The first-order valence-electron chi connectivity index (χ1n) is 7.50. The van der Waals surface area contributed by atoms with E-state index < -0.39 is 6.10 Å². The molecule has 0 saturated carbocycles. The van der Waals surface area contributed by atoms with Crippen molar-refractivity contribution in [2.75, 3.05) is 12.3 Å². The summed E-state index contributed by atoms with van der Waals surface area (Å²) in [4.78, 5) is 0. The lowest BCUT2D eigenvalue weighted by molar-refractivity contribution is 0.169. The van der Waals surface area contributed by atoms with Crippen molar-refractivity contribution in [3.8, 4) is 0 Å². The highest BCUT2D eigenvalue weighted by molar-refractivity contribution is 5.39. The Morgan fingerprint density at radius 2 is 1.71 bits per heavy atom. The summed E-state index contributed by atoms with van der Waals surface area (Å²) in [5.74, 6) is 0. The van der Waals surface area contributed by atoms with Gasteiger partial charge < -0.3 is 16.2 Å². The van der Waals surface area contributed by atoms with Crippen LogP contribution in [0.25, 0.3) is 0 Å². The number of aliphatic hydroxyl groups excluding tert-OH is 1. The van der Waals surface area contributed by atoms with Crippen LogP contribution in [0.2, 0.25) is 0 Å². The largest absolute Gasteiger partial charge is 0.399 e. The fraction of sp³-hybridized carbons (Fsp3) is 0.333. The van der Waals surface area contributed by atoms with Gasteiger partial charge in [-0.05, 0) is 36.1 Å². The number of nitrogen functional groups attached to an aromatic ring is 1. The monoisotopic (exact) mass is 284 g/mol. The second kappa shape index (κ2) is 7.81. The molecular formula is C18H24N2O. The molecule has 3 heteroatoms. The Bertz CT molecular complexity index is 525. The van der Waals surface area contributed by atoms with Crippen molar-refractivity contribution in [3.05, 3.63) is 65.7 Å². The van der Waals surface area contributed by atoms with E-state index in [2.05, 4.69) is 24.4 Å². The maximum absolute atomic E-state index is 10.2. The third-order valence-corrected chi connectivity index (χ3v) is 3.74. The van der Waals surface area contributed by atoms with Gasteiger partial charge in [0.2, 0.25) is 0 Å². The van der Waals surface area contributed by atoms with Crippen LogP contribution in [0, 0.1) is 0 Å². The van der Waals surface area contributed by atoms with Crippen LogP contribution in [-0.2, 0) is 6.42 Å². The molecule has 0 radical (unpaired) electrons. The first-order chi connectivity index (χ1) is 10.2. The van der Waals surface area contributed by atoms with Gasteiger partial charge >= 0.3 is 0 Å². The van der Waals surface area contributed by atoms with E-state index in [0.717, 1.165) is 24.1 Å². The average Bonchev–Trinajstić information content (AvgIpc) is 2.53. The number of hydrogen-bond acceptors (Lipinski definition) is 3. The second-order valence-corrected chi connectivity index (χ2v) is 5.39. The van der Waals surface area contributed by atoms with Gasteiger partial charge in [-0.1, -0.05) is 49.4 Å². The third kappa shape index (κ3) is 4.88. The van der Waals surface area contributed by atoms with Gasteiger partial charge in [-0.15, -0.1) is 0 Å². The van der Waals surface area contributed by atoms with Crippen molar-refractivity contribution in [3.63, 3.8) is 0 Å². The molecule has 0 bridgehead atoms. The first kappa shape index (κ1) is 15.5. The van der Waals surface area contributed by atoms with Crippen molar-refractivity contribution in [1.29, 1.82) is 0 Å². The summed E-state index contributed by atoms with van der Waals surface area (Å²) in [5, 5.41) is 13.6. The number of nitrogens with two attached hydrogens (primary N) is 1. The Morgan fingerprint density at radius 1 is 1.05 bits per heavy atom. The summed E-state index contributed by atoms with van der Waals surface area (Å²) < 4.78 is 0. The minimum atomic E-state index is -0.466. The van der Waals surface area contributed by atoms with Gasteiger partial charge in [0.25, 0.3) is 0 Å². The number of nitrogens with one attached hydrogen (secondary N) is 1. The Balaban J connectivity index is 1.86. The molecule has 0 unspecified atom stereocenters. The molecule has 0 spiro atoms. The molecule has 21 heavy (non-hydrogen) atoms. The zero-order chi connectivity index (χ0) is 15.1. The van der Waals surface area contributed by atoms with Gasteiger partial charge in [0.15, 0.2) is 0 Å². The van der Waals surface area contributed by atoms with E-state index in [0.29, 0.717) is 12.6 Å². The van der Waals surface area contributed by atoms with Gasteiger partial charge in [0.05, 0.1) is 6.10 Å². The van der Waals surface area contributed by atoms with Gasteiger partial charge in [-0.2, -0.15) is 0 Å². The lowest BCUT2D eigenvalue weighted by Crippen LogP contribution is -2.34. The smallest absolute Gasteiger partial charge is 0.0914 e. The van der Waals surface area contributed by atoms with Gasteiger partial charge in [0, 0.05) is 18.3 Å². The maximum Gasteiger partial charge on any atom is 0.0914 e. The summed E-state index contributed by atoms with van der Waals surface area (Å²) in [7, 11) is 0. The molecule has 0 saturated heterocycles. The lowest BCUT2D eigenvalue weighted by atomic mass is 10.0. The highest BCUT2D eigenvalue weighted by atomic mass is 16.3. The summed E-state index contributed by atoms with van der Waals surface area (Å²) in [6.45, 7) is 2.72. The fourth-order valence-electron chi connectivity index (χ4n) is 2.37. The lowest BCUT2D eigenvalue weighted by Gasteiger charge is -2.20. The molecule has 112 valence electrons. The third-order valence-electron chi connectivity index (χ3n) is 3.74. The van der Waals surface area contributed by atoms with Crippen LogP contribution >= 0.6 is 0 Å². The molecule has 0 aliphatic carbocycles. The molecule has 2 atom stereocenters. The predicted molar refractivity (Wildman–Crippen MR) is 88.0 cm³/mol. The second-order valence-electron chi connectivity index (χ2n) is 5.39. The number of hydrogen-bond donors (Lipinski definition) is 3. The zero-order valence-electron chi connectivity index (χ0n) is 12.5. The van der Waals surface area contributed by atoms with Crippen LogP contribution in [0.3, 0.4) is 0 Å². The predicted octanol–water partition coefficient (Wildman–Crippen LogP) is 2.91. The molecule has 0 aliphatic heterocycles. The summed E-state index contributed by atoms with van der Waals surface area (Å²) >= 11 is 0. The summed E-state index contributed by atoms with van der Waals surface area (Å²) in [6, 6.07) is 18.1. The normalized spacial score (nSPS) is 13.8. The molecule has 0 fully saturated rings. The highest BCUT2D eigenvalue weighted by Gasteiger charge is 2.11.